The van der Waals surface area contributed by atoms with E-state index in [4.69, 9.17) is 0 Å². The van der Waals surface area contributed by atoms with Gasteiger partial charge in [-0.25, -0.2) is 8.78 Å². The number of benzene rings is 2. The molecule has 3 rings (SSSR count). The van der Waals surface area contributed by atoms with Crippen LogP contribution in [0.5, 0.6) is 0 Å². The first-order valence-corrected chi connectivity index (χ1v) is 8.36. The van der Waals surface area contributed by atoms with Gasteiger partial charge in [0.2, 0.25) is 0 Å². The van der Waals surface area contributed by atoms with Crippen LogP contribution in [-0.2, 0) is 22.2 Å². The van der Waals surface area contributed by atoms with Crippen molar-refractivity contribution >= 4 is 28.4 Å². The van der Waals surface area contributed by atoms with E-state index in [1.165, 1.54) is 18.3 Å². The monoisotopic (exact) mass is 411 g/mol. The third-order valence-electron chi connectivity index (χ3n) is 4.13. The number of hydrogen-bond donors (Lipinski definition) is 3. The number of H-pyrrole nitrogens is 1. The lowest BCUT2D eigenvalue weighted by molar-refractivity contribution is -0.137. The zero-order valence-electron chi connectivity index (χ0n) is 14.7. The first-order chi connectivity index (χ1) is 13.6. The van der Waals surface area contributed by atoms with Crippen molar-refractivity contribution in [2.24, 2.45) is 0 Å². The van der Waals surface area contributed by atoms with Gasteiger partial charge in [0.25, 0.3) is 0 Å². The van der Waals surface area contributed by atoms with Gasteiger partial charge in [-0.05, 0) is 24.1 Å². The highest BCUT2D eigenvalue weighted by molar-refractivity contribution is 6.40. The molecular weight excluding hydrogens is 397 g/mol. The number of aromatic nitrogens is 1. The highest BCUT2D eigenvalue weighted by atomic mass is 19.4. The maximum atomic E-state index is 13.4. The van der Waals surface area contributed by atoms with Gasteiger partial charge in [-0.15, -0.1) is 0 Å². The molecule has 0 atom stereocenters. The first-order valence-electron chi connectivity index (χ1n) is 8.36. The lowest BCUT2D eigenvalue weighted by Gasteiger charge is -2.09. The number of halogens is 5. The molecule has 2 amide bonds. The summed E-state index contributed by atoms with van der Waals surface area (Å²) in [5, 5.41) is 4.74. The Labute approximate surface area is 160 Å². The van der Waals surface area contributed by atoms with Gasteiger partial charge in [-0.1, -0.05) is 18.2 Å². The van der Waals surface area contributed by atoms with E-state index in [1.54, 1.807) is 0 Å². The summed E-state index contributed by atoms with van der Waals surface area (Å²) in [6, 6.07) is 6.42. The van der Waals surface area contributed by atoms with Gasteiger partial charge in [0.1, 0.15) is 0 Å². The predicted octanol–water partition coefficient (Wildman–Crippen LogP) is 3.76. The van der Waals surface area contributed by atoms with Crippen LogP contribution < -0.4 is 10.6 Å². The van der Waals surface area contributed by atoms with E-state index in [1.807, 2.05) is 0 Å². The number of carbonyl (C=O) groups excluding carboxylic acids is 2. The highest BCUT2D eigenvalue weighted by Crippen LogP contribution is 2.29. The molecule has 5 nitrogen and oxygen atoms in total. The van der Waals surface area contributed by atoms with Crippen molar-refractivity contribution < 1.29 is 31.5 Å². The summed E-state index contributed by atoms with van der Waals surface area (Å²) in [5.41, 5.74) is -0.155. The molecule has 0 unspecified atom stereocenters. The quantitative estimate of drug-likeness (QED) is 0.452. The van der Waals surface area contributed by atoms with Crippen molar-refractivity contribution in [1.82, 2.24) is 10.3 Å². The molecule has 152 valence electrons. The summed E-state index contributed by atoms with van der Waals surface area (Å²) < 4.78 is 64.7. The molecular formula is C19H14F5N3O2. The maximum absolute atomic E-state index is 13.4. The zero-order chi connectivity index (χ0) is 21.2. The highest BCUT2D eigenvalue weighted by Gasteiger charge is 2.30. The second kappa shape index (κ2) is 7.90. The van der Waals surface area contributed by atoms with Crippen LogP contribution in [0.3, 0.4) is 0 Å². The van der Waals surface area contributed by atoms with Crippen molar-refractivity contribution in [1.29, 1.82) is 0 Å². The fourth-order valence-corrected chi connectivity index (χ4v) is 2.70. The van der Waals surface area contributed by atoms with Gasteiger partial charge in [-0.3, -0.25) is 9.59 Å². The Morgan fingerprint density at radius 2 is 1.72 bits per heavy atom. The van der Waals surface area contributed by atoms with Crippen LogP contribution in [0.15, 0.2) is 42.6 Å². The summed E-state index contributed by atoms with van der Waals surface area (Å²) in [4.78, 5) is 26.5. The largest absolute Gasteiger partial charge is 0.416 e. The van der Waals surface area contributed by atoms with Crippen LogP contribution in [0.25, 0.3) is 10.9 Å². The lowest BCUT2D eigenvalue weighted by atomic mass is 10.1. The molecule has 0 fully saturated rings. The Kier molecular flexibility index (Phi) is 5.53. The Bertz CT molecular complexity index is 1080. The maximum Gasteiger partial charge on any atom is 0.416 e. The second-order valence-corrected chi connectivity index (χ2v) is 6.17. The third-order valence-corrected chi connectivity index (χ3v) is 4.13. The Morgan fingerprint density at radius 1 is 1.00 bits per heavy atom. The van der Waals surface area contributed by atoms with Gasteiger partial charge in [-0.2, -0.15) is 13.2 Å². The molecule has 0 saturated carbocycles. The molecule has 0 bridgehead atoms. The van der Waals surface area contributed by atoms with Gasteiger partial charge < -0.3 is 15.6 Å². The van der Waals surface area contributed by atoms with Crippen molar-refractivity contribution in [2.75, 3.05) is 11.9 Å². The van der Waals surface area contributed by atoms with E-state index >= 15 is 0 Å². The number of anilines is 1. The van der Waals surface area contributed by atoms with Crippen LogP contribution in [-0.4, -0.2) is 23.3 Å². The predicted molar refractivity (Wildman–Crippen MR) is 95.0 cm³/mol. The fraction of sp³-hybridized carbons (Fsp3) is 0.158. The molecule has 0 aliphatic carbocycles. The zero-order valence-corrected chi connectivity index (χ0v) is 14.7. The normalized spacial score (nSPS) is 11.5. The molecule has 0 spiro atoms. The Hall–Kier alpha value is -3.43. The summed E-state index contributed by atoms with van der Waals surface area (Å²) in [6.45, 7) is -0.0682. The summed E-state index contributed by atoms with van der Waals surface area (Å²) in [7, 11) is 0. The minimum atomic E-state index is -4.47. The molecule has 0 aliphatic rings. The average molecular weight is 411 g/mol. The molecule has 3 N–H and O–H groups in total. The average Bonchev–Trinajstić information content (AvgIpc) is 3.03. The molecule has 2 aromatic carbocycles. The number of hydrogen-bond acceptors (Lipinski definition) is 2. The number of rotatable bonds is 4. The molecule has 3 aromatic rings. The number of fused-ring (bicyclic) bond motifs is 1. The first kappa shape index (κ1) is 20.3. The molecule has 1 aromatic heterocycles. The Morgan fingerprint density at radius 3 is 2.45 bits per heavy atom. The van der Waals surface area contributed by atoms with Crippen molar-refractivity contribution in [3.63, 3.8) is 0 Å². The van der Waals surface area contributed by atoms with E-state index in [9.17, 15) is 31.5 Å². The summed E-state index contributed by atoms with van der Waals surface area (Å²) in [6.07, 6.45) is -3.11. The van der Waals surface area contributed by atoms with Crippen LogP contribution in [0.2, 0.25) is 0 Å². The number of aromatic amines is 1. The van der Waals surface area contributed by atoms with Crippen LogP contribution in [0.1, 0.15) is 11.1 Å². The molecule has 0 saturated heterocycles. The van der Waals surface area contributed by atoms with Gasteiger partial charge in [0.05, 0.1) is 16.8 Å². The smallest absolute Gasteiger partial charge is 0.359 e. The van der Waals surface area contributed by atoms with Crippen LogP contribution in [0.4, 0.5) is 27.6 Å². The second-order valence-electron chi connectivity index (χ2n) is 6.17. The summed E-state index contributed by atoms with van der Waals surface area (Å²) >= 11 is 0. The van der Waals surface area contributed by atoms with Crippen LogP contribution >= 0.6 is 0 Å². The molecule has 10 heteroatoms. The lowest BCUT2D eigenvalue weighted by Crippen LogP contribution is -2.36. The fourth-order valence-electron chi connectivity index (χ4n) is 2.70. The van der Waals surface area contributed by atoms with Crippen LogP contribution in [0, 0.1) is 11.6 Å². The standard InChI is InChI=1S/C19H14F5N3O2/c20-13-7-12-15(8-14(13)21)26-9-16(12)27-18(29)17(28)25-5-4-10-2-1-3-11(6-10)19(22,23)24/h1-3,6-9,26H,4-5H2,(H,25,28)(H,27,29). The van der Waals surface area contributed by atoms with Crippen molar-refractivity contribution in [2.45, 2.75) is 12.6 Å². The molecule has 29 heavy (non-hydrogen) atoms. The summed E-state index contributed by atoms with van der Waals surface area (Å²) in [5.74, 6) is -4.25. The van der Waals surface area contributed by atoms with E-state index in [0.29, 0.717) is 5.56 Å². The molecule has 1 heterocycles. The number of amides is 2. The van der Waals surface area contributed by atoms with E-state index in [-0.39, 0.29) is 29.6 Å². The van der Waals surface area contributed by atoms with Gasteiger partial charge in [0.15, 0.2) is 11.6 Å². The van der Waals surface area contributed by atoms with Gasteiger partial charge >= 0.3 is 18.0 Å². The molecule has 0 radical (unpaired) electrons. The van der Waals surface area contributed by atoms with E-state index in [0.717, 1.165) is 24.3 Å². The number of nitrogens with one attached hydrogen (secondary N) is 3. The van der Waals surface area contributed by atoms with Crippen molar-refractivity contribution in [3.8, 4) is 0 Å². The van der Waals surface area contributed by atoms with E-state index < -0.39 is 35.2 Å². The molecule has 0 aliphatic heterocycles. The number of alkyl halides is 3. The SMILES string of the molecule is O=C(NCCc1cccc(C(F)(F)F)c1)C(=O)Nc1c[nH]c2cc(F)c(F)cc12. The topological polar surface area (TPSA) is 74.0 Å². The Balaban J connectivity index is 1.58. The van der Waals surface area contributed by atoms with E-state index in [2.05, 4.69) is 15.6 Å². The minimum absolute atomic E-state index is 0.0682. The van der Waals surface area contributed by atoms with Crippen molar-refractivity contribution in [3.05, 3.63) is 65.4 Å². The minimum Gasteiger partial charge on any atom is -0.359 e. The van der Waals surface area contributed by atoms with Gasteiger partial charge in [0, 0.05) is 24.2 Å². The number of carbonyl (C=O) groups is 2. The third kappa shape index (κ3) is 4.71.